The Hall–Kier alpha value is -2.07. The van der Waals surface area contributed by atoms with Crippen LogP contribution in [-0.4, -0.2) is 12.5 Å². The molecule has 4 heteroatoms. The van der Waals surface area contributed by atoms with E-state index in [4.69, 9.17) is 10.2 Å². The van der Waals surface area contributed by atoms with Crippen LogP contribution in [0.1, 0.15) is 34.8 Å². The van der Waals surface area contributed by atoms with Crippen molar-refractivity contribution in [1.29, 1.82) is 0 Å². The van der Waals surface area contributed by atoms with Crippen LogP contribution in [0, 0.1) is 0 Å². The molecular weight excluding hydrogens is 240 g/mol. The number of carbonyl (C=O) groups excluding carboxylic acids is 1. The lowest BCUT2D eigenvalue weighted by molar-refractivity contribution is 0.0922. The van der Waals surface area contributed by atoms with E-state index < -0.39 is 0 Å². The highest BCUT2D eigenvalue weighted by Crippen LogP contribution is 2.10. The van der Waals surface area contributed by atoms with Gasteiger partial charge in [-0.3, -0.25) is 4.79 Å². The predicted octanol–water partition coefficient (Wildman–Crippen LogP) is 2.27. The van der Waals surface area contributed by atoms with E-state index in [9.17, 15) is 4.79 Å². The van der Waals surface area contributed by atoms with Crippen molar-refractivity contribution in [3.05, 3.63) is 59.5 Å². The highest BCUT2D eigenvalue weighted by Gasteiger charge is 2.12. The van der Waals surface area contributed by atoms with Gasteiger partial charge in [0.15, 0.2) is 5.76 Å². The Balaban J connectivity index is 1.90. The predicted molar refractivity (Wildman–Crippen MR) is 73.8 cm³/mol. The first-order valence-corrected chi connectivity index (χ1v) is 6.38. The van der Waals surface area contributed by atoms with E-state index in [-0.39, 0.29) is 11.9 Å². The average molecular weight is 258 g/mol. The summed E-state index contributed by atoms with van der Waals surface area (Å²) in [4.78, 5) is 11.8. The van der Waals surface area contributed by atoms with Gasteiger partial charge >= 0.3 is 0 Å². The number of nitrogens with two attached hydrogens (primary N) is 1. The quantitative estimate of drug-likeness (QED) is 0.864. The number of benzene rings is 1. The molecule has 1 unspecified atom stereocenters. The molecule has 1 atom stereocenters. The van der Waals surface area contributed by atoms with Crippen LogP contribution in [0.5, 0.6) is 0 Å². The van der Waals surface area contributed by atoms with Crippen LogP contribution in [0.25, 0.3) is 0 Å². The van der Waals surface area contributed by atoms with Gasteiger partial charge in [0.1, 0.15) is 5.76 Å². The molecule has 0 aliphatic carbocycles. The summed E-state index contributed by atoms with van der Waals surface area (Å²) in [5, 5.41) is 2.78. The van der Waals surface area contributed by atoms with E-state index in [1.54, 1.807) is 6.07 Å². The minimum Gasteiger partial charge on any atom is -0.456 e. The smallest absolute Gasteiger partial charge is 0.287 e. The van der Waals surface area contributed by atoms with Crippen molar-refractivity contribution in [2.75, 3.05) is 6.54 Å². The first kappa shape index (κ1) is 13.4. The Kier molecular flexibility index (Phi) is 4.36. The van der Waals surface area contributed by atoms with Crippen molar-refractivity contribution in [2.24, 2.45) is 5.73 Å². The fourth-order valence-corrected chi connectivity index (χ4v) is 1.80. The minimum absolute atomic E-state index is 0.217. The van der Waals surface area contributed by atoms with Crippen molar-refractivity contribution in [3.8, 4) is 0 Å². The zero-order valence-corrected chi connectivity index (χ0v) is 10.9. The molecule has 4 nitrogen and oxygen atoms in total. The number of hydrogen-bond donors (Lipinski definition) is 2. The first-order valence-electron chi connectivity index (χ1n) is 6.38. The summed E-state index contributed by atoms with van der Waals surface area (Å²) < 4.78 is 5.38. The lowest BCUT2D eigenvalue weighted by Crippen LogP contribution is -2.31. The molecule has 2 aromatic rings. The third-order valence-corrected chi connectivity index (χ3v) is 2.94. The largest absolute Gasteiger partial charge is 0.456 e. The summed E-state index contributed by atoms with van der Waals surface area (Å²) in [7, 11) is 0. The Morgan fingerprint density at radius 1 is 1.26 bits per heavy atom. The highest BCUT2D eigenvalue weighted by atomic mass is 16.3. The first-order chi connectivity index (χ1) is 9.20. The number of hydrogen-bond acceptors (Lipinski definition) is 3. The zero-order chi connectivity index (χ0) is 13.7. The molecule has 19 heavy (non-hydrogen) atoms. The molecule has 1 aromatic carbocycles. The summed E-state index contributed by atoms with van der Waals surface area (Å²) in [5.41, 5.74) is 7.00. The van der Waals surface area contributed by atoms with Gasteiger partial charge in [0.25, 0.3) is 5.91 Å². The Labute approximate surface area is 112 Å². The van der Waals surface area contributed by atoms with E-state index in [0.717, 1.165) is 17.7 Å². The fraction of sp³-hybridized carbons (Fsp3) is 0.267. The molecule has 1 heterocycles. The number of rotatable bonds is 5. The minimum atomic E-state index is -0.230. The normalized spacial score (nSPS) is 12.1. The van der Waals surface area contributed by atoms with Gasteiger partial charge < -0.3 is 15.5 Å². The molecule has 3 N–H and O–H groups in total. The topological polar surface area (TPSA) is 68.3 Å². The molecule has 0 radical (unpaired) electrons. The number of amides is 1. The molecule has 0 saturated heterocycles. The lowest BCUT2D eigenvalue weighted by Gasteiger charge is -2.12. The molecule has 0 fully saturated rings. The Morgan fingerprint density at radius 2 is 2.00 bits per heavy atom. The van der Waals surface area contributed by atoms with Crippen LogP contribution in [0.15, 0.2) is 46.9 Å². The number of aryl methyl sites for hydroxylation is 1. The monoisotopic (exact) mass is 258 g/mol. The summed E-state index contributed by atoms with van der Waals surface area (Å²) in [5.74, 6) is 0.903. The molecule has 1 amide bonds. The highest BCUT2D eigenvalue weighted by molar-refractivity contribution is 5.91. The summed E-state index contributed by atoms with van der Waals surface area (Å²) >= 11 is 0. The van der Waals surface area contributed by atoms with Crippen LogP contribution in [-0.2, 0) is 6.42 Å². The standard InChI is InChI=1S/C15H18N2O2/c1-2-12-8-9-14(19-12)15(18)17-10-13(16)11-6-4-3-5-7-11/h3-9,13H,2,10,16H2,1H3,(H,17,18). The second kappa shape index (κ2) is 6.20. The van der Waals surface area contributed by atoms with Gasteiger partial charge in [-0.2, -0.15) is 0 Å². The second-order valence-corrected chi connectivity index (χ2v) is 4.35. The van der Waals surface area contributed by atoms with Crippen molar-refractivity contribution < 1.29 is 9.21 Å². The van der Waals surface area contributed by atoms with Gasteiger partial charge in [0.2, 0.25) is 0 Å². The number of furan rings is 1. The van der Waals surface area contributed by atoms with E-state index in [0.29, 0.717) is 12.3 Å². The van der Waals surface area contributed by atoms with Gasteiger partial charge in [-0.15, -0.1) is 0 Å². The van der Waals surface area contributed by atoms with Crippen LogP contribution < -0.4 is 11.1 Å². The summed E-state index contributed by atoms with van der Waals surface area (Å²) in [6.07, 6.45) is 0.775. The molecule has 1 aromatic heterocycles. The van der Waals surface area contributed by atoms with Crippen molar-refractivity contribution in [2.45, 2.75) is 19.4 Å². The second-order valence-electron chi connectivity index (χ2n) is 4.35. The van der Waals surface area contributed by atoms with Crippen molar-refractivity contribution in [3.63, 3.8) is 0 Å². The van der Waals surface area contributed by atoms with E-state index >= 15 is 0 Å². The Bertz CT molecular complexity index is 534. The molecule has 0 bridgehead atoms. The van der Waals surface area contributed by atoms with E-state index in [2.05, 4.69) is 5.32 Å². The van der Waals surface area contributed by atoms with Crippen LogP contribution in [0.4, 0.5) is 0 Å². The maximum atomic E-state index is 11.8. The van der Waals surface area contributed by atoms with Crippen molar-refractivity contribution in [1.82, 2.24) is 5.32 Å². The third-order valence-electron chi connectivity index (χ3n) is 2.94. The van der Waals surface area contributed by atoms with Crippen LogP contribution >= 0.6 is 0 Å². The van der Waals surface area contributed by atoms with Crippen LogP contribution in [0.3, 0.4) is 0 Å². The number of carbonyl (C=O) groups is 1. The molecule has 0 aliphatic heterocycles. The van der Waals surface area contributed by atoms with Crippen molar-refractivity contribution >= 4 is 5.91 Å². The average Bonchev–Trinajstić information content (AvgIpc) is 2.94. The summed E-state index contributed by atoms with van der Waals surface area (Å²) in [6.45, 7) is 2.36. The zero-order valence-electron chi connectivity index (χ0n) is 10.9. The van der Waals surface area contributed by atoms with E-state index in [1.165, 1.54) is 0 Å². The van der Waals surface area contributed by atoms with Crippen LogP contribution in [0.2, 0.25) is 0 Å². The SMILES string of the molecule is CCc1ccc(C(=O)NCC(N)c2ccccc2)o1. The molecule has 0 spiro atoms. The summed E-state index contributed by atoms with van der Waals surface area (Å²) in [6, 6.07) is 13.0. The van der Waals surface area contributed by atoms with Gasteiger partial charge in [0, 0.05) is 19.0 Å². The number of nitrogens with one attached hydrogen (secondary N) is 1. The fourth-order valence-electron chi connectivity index (χ4n) is 1.80. The van der Waals surface area contributed by atoms with Gasteiger partial charge in [-0.05, 0) is 17.7 Å². The van der Waals surface area contributed by atoms with Gasteiger partial charge in [-0.1, -0.05) is 37.3 Å². The molecule has 0 saturated carbocycles. The third kappa shape index (κ3) is 3.45. The Morgan fingerprint density at radius 3 is 2.63 bits per heavy atom. The van der Waals surface area contributed by atoms with Gasteiger partial charge in [-0.25, -0.2) is 0 Å². The van der Waals surface area contributed by atoms with Gasteiger partial charge in [0.05, 0.1) is 0 Å². The molecule has 100 valence electrons. The maximum Gasteiger partial charge on any atom is 0.287 e. The molecule has 2 rings (SSSR count). The lowest BCUT2D eigenvalue weighted by atomic mass is 10.1. The van der Waals surface area contributed by atoms with E-state index in [1.807, 2.05) is 43.3 Å². The molecule has 0 aliphatic rings. The molecular formula is C15H18N2O2. The maximum absolute atomic E-state index is 11.8.